The summed E-state index contributed by atoms with van der Waals surface area (Å²) in [5.41, 5.74) is 0.575. The molecule has 3 rings (SSSR count). The van der Waals surface area contributed by atoms with Crippen molar-refractivity contribution in [1.82, 2.24) is 9.80 Å². The molecule has 1 atom stereocenters. The largest absolute Gasteiger partial charge is 0.374 e. The van der Waals surface area contributed by atoms with Crippen molar-refractivity contribution in [3.63, 3.8) is 0 Å². The number of hydrogen-bond acceptors (Lipinski definition) is 3. The predicted molar refractivity (Wildman–Crippen MR) is 101 cm³/mol. The van der Waals surface area contributed by atoms with E-state index < -0.39 is 0 Å². The number of ether oxygens (including phenoxy) is 1. The Hall–Kier alpha value is -0.120. The van der Waals surface area contributed by atoms with Gasteiger partial charge in [0.05, 0.1) is 12.2 Å². The van der Waals surface area contributed by atoms with E-state index in [0.717, 1.165) is 25.0 Å². The van der Waals surface area contributed by atoms with Gasteiger partial charge in [-0.3, -0.25) is 4.90 Å². The molecule has 0 amide bonds. The van der Waals surface area contributed by atoms with Crippen LogP contribution in [0.15, 0.2) is 0 Å². The summed E-state index contributed by atoms with van der Waals surface area (Å²) in [6.45, 7) is 21.1. The van der Waals surface area contributed by atoms with Crippen LogP contribution in [-0.2, 0) is 4.74 Å². The van der Waals surface area contributed by atoms with Crippen molar-refractivity contribution < 1.29 is 4.74 Å². The van der Waals surface area contributed by atoms with Crippen LogP contribution in [0.5, 0.6) is 0 Å². The van der Waals surface area contributed by atoms with Crippen molar-refractivity contribution in [2.45, 2.75) is 72.4 Å². The zero-order valence-corrected chi connectivity index (χ0v) is 17.0. The van der Waals surface area contributed by atoms with Gasteiger partial charge in [-0.2, -0.15) is 0 Å². The first-order chi connectivity index (χ1) is 11.1. The summed E-state index contributed by atoms with van der Waals surface area (Å²) in [5.74, 6) is 2.61. The molecular weight excluding hydrogens is 296 g/mol. The average molecular weight is 337 g/mol. The van der Waals surface area contributed by atoms with Crippen LogP contribution in [0.2, 0.25) is 0 Å². The van der Waals surface area contributed by atoms with E-state index in [0.29, 0.717) is 17.4 Å². The maximum atomic E-state index is 6.23. The molecule has 2 saturated heterocycles. The topological polar surface area (TPSA) is 15.7 Å². The van der Waals surface area contributed by atoms with Gasteiger partial charge in [0.1, 0.15) is 0 Å². The van der Waals surface area contributed by atoms with E-state index in [1.807, 2.05) is 0 Å². The Morgan fingerprint density at radius 3 is 2.33 bits per heavy atom. The van der Waals surface area contributed by atoms with Crippen molar-refractivity contribution in [3.05, 3.63) is 0 Å². The fraction of sp³-hybridized carbons (Fsp3) is 1.00. The van der Waals surface area contributed by atoms with Gasteiger partial charge < -0.3 is 9.64 Å². The molecule has 3 heteroatoms. The van der Waals surface area contributed by atoms with E-state index in [9.17, 15) is 0 Å². The second-order valence-corrected chi connectivity index (χ2v) is 10.5. The Kier molecular flexibility index (Phi) is 5.36. The van der Waals surface area contributed by atoms with Gasteiger partial charge in [-0.1, -0.05) is 13.8 Å². The molecule has 0 N–H and O–H groups in total. The van der Waals surface area contributed by atoms with Crippen molar-refractivity contribution in [1.29, 1.82) is 0 Å². The van der Waals surface area contributed by atoms with Gasteiger partial charge in [-0.15, -0.1) is 0 Å². The predicted octanol–water partition coefficient (Wildman–Crippen LogP) is 3.88. The van der Waals surface area contributed by atoms with E-state index in [-0.39, 0.29) is 5.60 Å². The highest BCUT2D eigenvalue weighted by molar-refractivity contribution is 4.93. The normalized spacial score (nSPS) is 30.4. The lowest BCUT2D eigenvalue weighted by Crippen LogP contribution is -2.51. The fourth-order valence-electron chi connectivity index (χ4n) is 4.93. The second-order valence-electron chi connectivity index (χ2n) is 10.5. The molecule has 0 aromatic rings. The van der Waals surface area contributed by atoms with Gasteiger partial charge in [0.2, 0.25) is 0 Å². The lowest BCUT2D eigenvalue weighted by Gasteiger charge is -2.44. The summed E-state index contributed by atoms with van der Waals surface area (Å²) in [6.07, 6.45) is 4.38. The van der Waals surface area contributed by atoms with Crippen LogP contribution in [-0.4, -0.2) is 60.8 Å². The molecule has 0 radical (unpaired) electrons. The third-order valence-electron chi connectivity index (χ3n) is 6.56. The number of rotatable bonds is 6. The SMILES string of the molecule is CC(C)N1CC(CN2CC(CC(C)(C)C3CC3)C2)COC(C)(C)C1. The zero-order valence-electron chi connectivity index (χ0n) is 17.0. The summed E-state index contributed by atoms with van der Waals surface area (Å²) in [7, 11) is 0. The first-order valence-corrected chi connectivity index (χ1v) is 10.2. The summed E-state index contributed by atoms with van der Waals surface area (Å²) >= 11 is 0. The van der Waals surface area contributed by atoms with E-state index in [2.05, 4.69) is 51.3 Å². The zero-order chi connectivity index (χ0) is 17.5. The van der Waals surface area contributed by atoms with Gasteiger partial charge >= 0.3 is 0 Å². The van der Waals surface area contributed by atoms with E-state index in [1.165, 1.54) is 45.4 Å². The third kappa shape index (κ3) is 4.74. The van der Waals surface area contributed by atoms with Crippen LogP contribution in [0.4, 0.5) is 0 Å². The molecule has 2 heterocycles. The highest BCUT2D eigenvalue weighted by Gasteiger charge is 2.42. The van der Waals surface area contributed by atoms with E-state index in [4.69, 9.17) is 4.74 Å². The Bertz CT molecular complexity index is 422. The highest BCUT2D eigenvalue weighted by Crippen LogP contribution is 2.49. The summed E-state index contributed by atoms with van der Waals surface area (Å²) < 4.78 is 6.23. The third-order valence-corrected chi connectivity index (χ3v) is 6.56. The van der Waals surface area contributed by atoms with Crippen molar-refractivity contribution in [2.24, 2.45) is 23.2 Å². The minimum atomic E-state index is -0.00914. The van der Waals surface area contributed by atoms with E-state index in [1.54, 1.807) is 0 Å². The molecule has 140 valence electrons. The van der Waals surface area contributed by atoms with Gasteiger partial charge in [0.15, 0.2) is 0 Å². The maximum Gasteiger partial charge on any atom is 0.0753 e. The minimum Gasteiger partial charge on any atom is -0.374 e. The minimum absolute atomic E-state index is 0.00914. The fourth-order valence-corrected chi connectivity index (χ4v) is 4.93. The van der Waals surface area contributed by atoms with Gasteiger partial charge in [-0.25, -0.2) is 0 Å². The van der Waals surface area contributed by atoms with Crippen LogP contribution >= 0.6 is 0 Å². The molecule has 0 bridgehead atoms. The Labute approximate surface area is 150 Å². The molecule has 2 aliphatic heterocycles. The van der Waals surface area contributed by atoms with Crippen LogP contribution in [0.3, 0.4) is 0 Å². The number of hydrogen-bond donors (Lipinski definition) is 0. The average Bonchev–Trinajstić information content (AvgIpc) is 3.24. The smallest absolute Gasteiger partial charge is 0.0753 e. The molecule has 1 unspecified atom stereocenters. The van der Waals surface area contributed by atoms with Crippen LogP contribution < -0.4 is 0 Å². The first-order valence-electron chi connectivity index (χ1n) is 10.2. The molecule has 0 spiro atoms. The van der Waals surface area contributed by atoms with Crippen LogP contribution in [0, 0.1) is 23.2 Å². The molecule has 3 aliphatic rings. The number of nitrogens with zero attached hydrogens (tertiary/aromatic N) is 2. The monoisotopic (exact) mass is 336 g/mol. The van der Waals surface area contributed by atoms with Crippen LogP contribution in [0.25, 0.3) is 0 Å². The molecular formula is C21H40N2O. The molecule has 24 heavy (non-hydrogen) atoms. The van der Waals surface area contributed by atoms with Gasteiger partial charge in [-0.05, 0) is 64.2 Å². The molecule has 1 aliphatic carbocycles. The van der Waals surface area contributed by atoms with Crippen molar-refractivity contribution in [3.8, 4) is 0 Å². The second kappa shape index (κ2) is 6.89. The summed E-state index contributed by atoms with van der Waals surface area (Å²) in [6, 6.07) is 0.608. The van der Waals surface area contributed by atoms with Gasteiger partial charge in [0.25, 0.3) is 0 Å². The molecule has 1 saturated carbocycles. The molecule has 0 aromatic carbocycles. The van der Waals surface area contributed by atoms with Crippen molar-refractivity contribution >= 4 is 0 Å². The highest BCUT2D eigenvalue weighted by atomic mass is 16.5. The first kappa shape index (κ1) is 18.7. The summed E-state index contributed by atoms with van der Waals surface area (Å²) in [5, 5.41) is 0. The lowest BCUT2D eigenvalue weighted by molar-refractivity contribution is -0.0349. The standard InChI is InChI=1S/C21H40N2O/c1-16(2)23-13-18(14-24-21(5,6)15-23)12-22-10-17(11-22)9-20(3,4)19-7-8-19/h16-19H,7-15H2,1-6H3. The quantitative estimate of drug-likeness (QED) is 0.732. The Morgan fingerprint density at radius 1 is 1.08 bits per heavy atom. The van der Waals surface area contributed by atoms with Crippen molar-refractivity contribution in [2.75, 3.05) is 39.3 Å². The molecule has 3 fully saturated rings. The Balaban J connectivity index is 1.45. The lowest BCUT2D eigenvalue weighted by atomic mass is 9.76. The maximum absolute atomic E-state index is 6.23. The molecule has 3 nitrogen and oxygen atoms in total. The Morgan fingerprint density at radius 2 is 1.75 bits per heavy atom. The number of likely N-dealkylation sites (tertiary alicyclic amines) is 1. The summed E-state index contributed by atoms with van der Waals surface area (Å²) in [4.78, 5) is 5.30. The van der Waals surface area contributed by atoms with Gasteiger partial charge in [0, 0.05) is 44.7 Å². The molecule has 0 aromatic heterocycles. The van der Waals surface area contributed by atoms with Crippen LogP contribution in [0.1, 0.15) is 60.8 Å². The van der Waals surface area contributed by atoms with E-state index >= 15 is 0 Å².